The van der Waals surface area contributed by atoms with Crippen LogP contribution in [-0.4, -0.2) is 26.6 Å². The van der Waals surface area contributed by atoms with Gasteiger partial charge in [-0.2, -0.15) is 18.3 Å². The fourth-order valence-electron chi connectivity index (χ4n) is 2.70. The molecule has 2 aromatic rings. The number of hydrogen-bond donors (Lipinski definition) is 1. The fourth-order valence-corrected chi connectivity index (χ4v) is 2.70. The summed E-state index contributed by atoms with van der Waals surface area (Å²) in [6.07, 6.45) is -3.70. The van der Waals surface area contributed by atoms with E-state index in [4.69, 9.17) is 0 Å². The molecule has 1 aliphatic heterocycles. The van der Waals surface area contributed by atoms with Gasteiger partial charge in [0.1, 0.15) is 5.82 Å². The molecule has 4 nitrogen and oxygen atoms in total. The molecule has 0 radical (unpaired) electrons. The first kappa shape index (κ1) is 14.1. The molecule has 0 spiro atoms. The van der Waals surface area contributed by atoms with Crippen molar-refractivity contribution in [3.8, 4) is 0 Å². The highest BCUT2D eigenvalue weighted by Gasteiger charge is 2.35. The molecule has 112 valence electrons. The van der Waals surface area contributed by atoms with Gasteiger partial charge in [-0.1, -0.05) is 12.1 Å². The van der Waals surface area contributed by atoms with Crippen LogP contribution in [0.15, 0.2) is 18.2 Å². The van der Waals surface area contributed by atoms with E-state index >= 15 is 0 Å². The van der Waals surface area contributed by atoms with E-state index in [2.05, 4.69) is 15.2 Å². The average molecular weight is 296 g/mol. The van der Waals surface area contributed by atoms with Crippen molar-refractivity contribution in [1.82, 2.24) is 20.1 Å². The first-order valence-corrected chi connectivity index (χ1v) is 6.71. The number of aryl methyl sites for hydroxylation is 1. The monoisotopic (exact) mass is 296 g/mol. The highest BCUT2D eigenvalue weighted by Crippen LogP contribution is 2.35. The lowest BCUT2D eigenvalue weighted by Crippen LogP contribution is -2.32. The molecule has 0 atom stereocenters. The van der Waals surface area contributed by atoms with E-state index in [1.54, 1.807) is 13.0 Å². The molecule has 0 amide bonds. The normalized spacial score (nSPS) is 16.0. The lowest BCUT2D eigenvalue weighted by molar-refractivity contribution is -0.138. The largest absolute Gasteiger partial charge is 0.416 e. The molecule has 21 heavy (non-hydrogen) atoms. The van der Waals surface area contributed by atoms with Crippen LogP contribution in [0, 0.1) is 6.92 Å². The Labute approximate surface area is 120 Å². The second-order valence-corrected chi connectivity index (χ2v) is 5.24. The highest BCUT2D eigenvalue weighted by molar-refractivity contribution is 5.38. The van der Waals surface area contributed by atoms with Crippen LogP contribution in [0.25, 0.3) is 0 Å². The summed E-state index contributed by atoms with van der Waals surface area (Å²) in [5.41, 5.74) is 0.631. The Kier molecular flexibility index (Phi) is 3.44. The van der Waals surface area contributed by atoms with Crippen LogP contribution in [-0.2, 0) is 25.7 Å². The number of nitrogens with one attached hydrogen (secondary N) is 1. The molecule has 0 aliphatic carbocycles. The van der Waals surface area contributed by atoms with Crippen molar-refractivity contribution in [1.29, 1.82) is 0 Å². The van der Waals surface area contributed by atoms with E-state index in [1.165, 1.54) is 6.07 Å². The average Bonchev–Trinajstić information content (AvgIpc) is 2.82. The smallest absolute Gasteiger partial charge is 0.291 e. The van der Waals surface area contributed by atoms with Crippen molar-refractivity contribution < 1.29 is 13.2 Å². The molecule has 0 unspecified atom stereocenters. The first-order valence-electron chi connectivity index (χ1n) is 6.71. The number of H-pyrrole nitrogens is 1. The van der Waals surface area contributed by atoms with Crippen LogP contribution in [0.5, 0.6) is 0 Å². The Morgan fingerprint density at radius 3 is 2.81 bits per heavy atom. The highest BCUT2D eigenvalue weighted by atomic mass is 19.4. The van der Waals surface area contributed by atoms with Crippen molar-refractivity contribution in [3.63, 3.8) is 0 Å². The molecule has 1 N–H and O–H groups in total. The van der Waals surface area contributed by atoms with E-state index < -0.39 is 11.7 Å². The minimum atomic E-state index is -4.31. The molecule has 0 bridgehead atoms. The van der Waals surface area contributed by atoms with E-state index in [0.717, 1.165) is 11.6 Å². The Morgan fingerprint density at radius 2 is 2.14 bits per heavy atom. The Balaban J connectivity index is 1.84. The summed E-state index contributed by atoms with van der Waals surface area (Å²) in [6, 6.07) is 4.41. The minimum absolute atomic E-state index is 0.276. The van der Waals surface area contributed by atoms with E-state index in [1.807, 2.05) is 4.90 Å². The van der Waals surface area contributed by atoms with Gasteiger partial charge in [0.25, 0.3) is 0 Å². The van der Waals surface area contributed by atoms with Crippen molar-refractivity contribution in [2.45, 2.75) is 32.6 Å². The number of nitrogens with zero attached hydrogens (tertiary/aromatic N) is 3. The zero-order valence-corrected chi connectivity index (χ0v) is 11.5. The zero-order valence-electron chi connectivity index (χ0n) is 11.5. The summed E-state index contributed by atoms with van der Waals surface area (Å²) in [7, 11) is 0. The van der Waals surface area contributed by atoms with Gasteiger partial charge in [0, 0.05) is 13.1 Å². The topological polar surface area (TPSA) is 44.8 Å². The van der Waals surface area contributed by atoms with Crippen molar-refractivity contribution >= 4 is 0 Å². The molecule has 1 aromatic heterocycles. The SMILES string of the molecule is Cc1nc(CN2CCc3cccc(C(F)(F)F)c3C2)n[nH]1. The molecule has 7 heteroatoms. The fraction of sp³-hybridized carbons (Fsp3) is 0.429. The number of benzene rings is 1. The number of alkyl halides is 3. The standard InChI is InChI=1S/C14H15F3N4/c1-9-18-13(20-19-9)8-21-6-5-10-3-2-4-12(11(10)7-21)14(15,16)17/h2-4H,5-8H2,1H3,(H,18,19,20). The molecule has 1 aliphatic rings. The van der Waals surface area contributed by atoms with E-state index in [9.17, 15) is 13.2 Å². The van der Waals surface area contributed by atoms with Gasteiger partial charge < -0.3 is 0 Å². The van der Waals surface area contributed by atoms with E-state index in [-0.39, 0.29) is 6.54 Å². The summed E-state index contributed by atoms with van der Waals surface area (Å²) in [5.74, 6) is 1.32. The summed E-state index contributed by atoms with van der Waals surface area (Å²) < 4.78 is 39.3. The van der Waals surface area contributed by atoms with Crippen LogP contribution >= 0.6 is 0 Å². The molecule has 0 fully saturated rings. The van der Waals surface area contributed by atoms with Gasteiger partial charge in [-0.15, -0.1) is 0 Å². The molecule has 0 saturated heterocycles. The van der Waals surface area contributed by atoms with Crippen LogP contribution < -0.4 is 0 Å². The Bertz CT molecular complexity index is 648. The van der Waals surface area contributed by atoms with Crippen molar-refractivity contribution in [2.75, 3.05) is 6.54 Å². The molecule has 3 rings (SSSR count). The summed E-state index contributed by atoms with van der Waals surface area (Å²) in [6.45, 7) is 3.24. The third-order valence-corrected chi connectivity index (χ3v) is 3.67. The maximum absolute atomic E-state index is 13.1. The maximum atomic E-state index is 13.1. The second kappa shape index (κ2) is 5.14. The van der Waals surface area contributed by atoms with Gasteiger partial charge >= 0.3 is 6.18 Å². The van der Waals surface area contributed by atoms with Crippen molar-refractivity contribution in [2.24, 2.45) is 0 Å². The lowest BCUT2D eigenvalue weighted by atomic mass is 9.94. The quantitative estimate of drug-likeness (QED) is 0.926. The van der Waals surface area contributed by atoms with Gasteiger partial charge in [-0.05, 0) is 30.5 Å². The number of halogens is 3. The van der Waals surface area contributed by atoms with Crippen LogP contribution in [0.3, 0.4) is 0 Å². The third kappa shape index (κ3) is 2.92. The van der Waals surface area contributed by atoms with E-state index in [0.29, 0.717) is 36.7 Å². The van der Waals surface area contributed by atoms with Gasteiger partial charge in [0.2, 0.25) is 0 Å². The zero-order chi connectivity index (χ0) is 15.0. The van der Waals surface area contributed by atoms with Crippen LogP contribution in [0.1, 0.15) is 28.3 Å². The molecule has 0 saturated carbocycles. The third-order valence-electron chi connectivity index (χ3n) is 3.67. The lowest BCUT2D eigenvalue weighted by Gasteiger charge is -2.29. The Hall–Kier alpha value is -1.89. The van der Waals surface area contributed by atoms with Crippen molar-refractivity contribution in [3.05, 3.63) is 46.5 Å². The van der Waals surface area contributed by atoms with Crippen LogP contribution in [0.4, 0.5) is 13.2 Å². The summed E-state index contributed by atoms with van der Waals surface area (Å²) in [4.78, 5) is 6.15. The summed E-state index contributed by atoms with van der Waals surface area (Å²) >= 11 is 0. The second-order valence-electron chi connectivity index (χ2n) is 5.24. The van der Waals surface area contributed by atoms with Gasteiger partial charge in [0.05, 0.1) is 12.1 Å². The van der Waals surface area contributed by atoms with Gasteiger partial charge in [-0.3, -0.25) is 10.00 Å². The maximum Gasteiger partial charge on any atom is 0.416 e. The number of aromatic nitrogens is 3. The van der Waals surface area contributed by atoms with Crippen LogP contribution in [0.2, 0.25) is 0 Å². The Morgan fingerprint density at radius 1 is 1.33 bits per heavy atom. The number of rotatable bonds is 2. The number of hydrogen-bond acceptors (Lipinski definition) is 3. The molecule has 2 heterocycles. The molecule has 1 aromatic carbocycles. The predicted molar refractivity (Wildman–Crippen MR) is 70.4 cm³/mol. The summed E-state index contributed by atoms with van der Waals surface area (Å²) in [5, 5.41) is 6.78. The molecular weight excluding hydrogens is 281 g/mol. The number of fused-ring (bicyclic) bond motifs is 1. The first-order chi connectivity index (χ1) is 9.93. The number of aromatic amines is 1. The minimum Gasteiger partial charge on any atom is -0.291 e. The predicted octanol–water partition coefficient (Wildman–Crippen LogP) is 2.69. The molecular formula is C14H15F3N4. The van der Waals surface area contributed by atoms with Gasteiger partial charge in [-0.25, -0.2) is 4.98 Å². The van der Waals surface area contributed by atoms with Gasteiger partial charge in [0.15, 0.2) is 5.82 Å².